The number of aryl methyl sites for hydroxylation is 1. The molecule has 0 amide bonds. The van der Waals surface area contributed by atoms with Gasteiger partial charge in [-0.1, -0.05) is 74.4 Å². The predicted octanol–water partition coefficient (Wildman–Crippen LogP) is 9.23. The maximum absolute atomic E-state index is 8.21. The fourth-order valence-corrected chi connectivity index (χ4v) is 5.87. The van der Waals surface area contributed by atoms with Crippen molar-refractivity contribution in [3.05, 3.63) is 145 Å². The Labute approximate surface area is 298 Å². The summed E-state index contributed by atoms with van der Waals surface area (Å²) in [5.41, 5.74) is 4.63. The average Bonchev–Trinajstić information content (AvgIpc) is 3.65. The van der Waals surface area contributed by atoms with Crippen molar-refractivity contribution >= 4 is 32.8 Å². The van der Waals surface area contributed by atoms with E-state index >= 15 is 0 Å². The van der Waals surface area contributed by atoms with Gasteiger partial charge in [-0.05, 0) is 58.8 Å². The molecule has 240 valence electrons. The molecule has 7 heteroatoms. The van der Waals surface area contributed by atoms with Gasteiger partial charge in [0, 0.05) is 44.3 Å². The largest absolute Gasteiger partial charge is 0.510 e. The number of pyridine rings is 1. The molecule has 0 fully saturated rings. The smallest absolute Gasteiger partial charge is 0.242 e. The molecule has 0 radical (unpaired) electrons. The van der Waals surface area contributed by atoms with Crippen LogP contribution in [0, 0.1) is 18.5 Å². The molecule has 0 unspecified atom stereocenters. The third-order valence-electron chi connectivity index (χ3n) is 8.22. The predicted molar refractivity (Wildman–Crippen MR) is 185 cm³/mol. The molecule has 0 spiro atoms. The Morgan fingerprint density at radius 2 is 1.54 bits per heavy atom. The number of hydrogen-bond donors (Lipinski definition) is 0. The van der Waals surface area contributed by atoms with Gasteiger partial charge < -0.3 is 23.2 Å². The molecule has 8 rings (SSSR count). The van der Waals surface area contributed by atoms with Crippen LogP contribution < -0.4 is 14.0 Å². The van der Waals surface area contributed by atoms with Crippen molar-refractivity contribution in [1.82, 2.24) is 14.1 Å². The fourth-order valence-electron chi connectivity index (χ4n) is 5.87. The normalized spacial score (nSPS) is 12.8. The minimum absolute atomic E-state index is 0. The molecule has 5 aromatic carbocycles. The molecular weight excluding hydrogens is 776 g/mol. The molecule has 0 aliphatic rings. The van der Waals surface area contributed by atoms with Gasteiger partial charge in [-0.2, -0.15) is 18.2 Å². The number of hydrogen-bond acceptors (Lipinski definition) is 3. The summed E-state index contributed by atoms with van der Waals surface area (Å²) < 4.78 is 41.9. The molecule has 0 aliphatic carbocycles. The van der Waals surface area contributed by atoms with E-state index in [4.69, 9.17) is 18.6 Å². The number of ether oxygens (including phenoxy) is 2. The summed E-state index contributed by atoms with van der Waals surface area (Å²) >= 11 is 0. The zero-order chi connectivity index (χ0) is 34.6. The molecule has 0 aliphatic heterocycles. The van der Waals surface area contributed by atoms with Crippen LogP contribution in [0.3, 0.4) is 0 Å². The minimum Gasteiger partial charge on any atom is -0.510 e. The van der Waals surface area contributed by atoms with Gasteiger partial charge in [-0.15, -0.1) is 29.7 Å². The molecular formula is C41H32N4O2Pt-2. The van der Waals surface area contributed by atoms with E-state index in [1.165, 1.54) is 5.56 Å². The molecule has 6 nitrogen and oxygen atoms in total. The van der Waals surface area contributed by atoms with Gasteiger partial charge in [0.2, 0.25) is 6.33 Å². The van der Waals surface area contributed by atoms with E-state index in [2.05, 4.69) is 68.1 Å². The van der Waals surface area contributed by atoms with E-state index in [0.29, 0.717) is 39.7 Å². The second-order valence-corrected chi connectivity index (χ2v) is 12.4. The molecule has 3 aromatic heterocycles. The van der Waals surface area contributed by atoms with Gasteiger partial charge in [-0.3, -0.25) is 0 Å². The number of fused-ring (bicyclic) bond motifs is 4. The molecule has 0 bridgehead atoms. The molecule has 3 heterocycles. The second-order valence-electron chi connectivity index (χ2n) is 12.4. The van der Waals surface area contributed by atoms with Crippen LogP contribution in [0.25, 0.3) is 44.3 Å². The molecule has 0 saturated carbocycles. The number of nitrogens with zero attached hydrogens (tertiary/aromatic N) is 4. The zero-order valence-corrected chi connectivity index (χ0v) is 28.7. The standard InChI is InChI=1S/C41H32N4O2.Pt/c1-41(2,3)28-21-22-42-40(23-28)45-36-16-9-8-15-34(36)35-19-17-32(25-38(35)45)47-31-14-10-11-29(24-31)44-27-43(4)39-26-33(18-20-37(39)44)46-30-12-6-5-7-13-30;/h5-23,26H,1-4H3;/q-2;/i4D3;. The first-order valence-electron chi connectivity index (χ1n) is 16.9. The Balaban J connectivity index is 0.00000406. The minimum atomic E-state index is -2.48. The summed E-state index contributed by atoms with van der Waals surface area (Å²) in [6, 6.07) is 43.3. The van der Waals surface area contributed by atoms with Gasteiger partial charge >= 0.3 is 0 Å². The van der Waals surface area contributed by atoms with Crippen LogP contribution in [0.2, 0.25) is 0 Å². The van der Waals surface area contributed by atoms with Crippen molar-refractivity contribution in [3.63, 3.8) is 0 Å². The molecule has 0 atom stereocenters. The number of imidazole rings is 1. The molecule has 0 saturated heterocycles. The summed E-state index contributed by atoms with van der Waals surface area (Å²) in [6.07, 6.45) is 4.87. The van der Waals surface area contributed by atoms with Gasteiger partial charge in [0.05, 0.1) is 22.1 Å². The summed E-state index contributed by atoms with van der Waals surface area (Å²) in [5.74, 6) is 2.91. The van der Waals surface area contributed by atoms with Gasteiger partial charge in [-0.25, -0.2) is 4.98 Å². The van der Waals surface area contributed by atoms with Gasteiger partial charge in [0.15, 0.2) is 0 Å². The number of aromatic nitrogens is 4. The van der Waals surface area contributed by atoms with Crippen LogP contribution in [0.15, 0.2) is 121 Å². The van der Waals surface area contributed by atoms with Crippen LogP contribution >= 0.6 is 0 Å². The first-order valence-corrected chi connectivity index (χ1v) is 15.4. The Hall–Kier alpha value is -5.19. The van der Waals surface area contributed by atoms with Crippen molar-refractivity contribution in [2.24, 2.45) is 6.98 Å². The van der Waals surface area contributed by atoms with E-state index in [9.17, 15) is 0 Å². The van der Waals surface area contributed by atoms with Crippen LogP contribution in [-0.4, -0.2) is 14.1 Å². The Bertz CT molecular complexity index is 2540. The van der Waals surface area contributed by atoms with Crippen LogP contribution in [0.1, 0.15) is 30.4 Å². The summed E-state index contributed by atoms with van der Waals surface area (Å²) in [5, 5.41) is 2.13. The maximum atomic E-state index is 8.21. The van der Waals surface area contributed by atoms with Crippen molar-refractivity contribution in [2.75, 3.05) is 0 Å². The Morgan fingerprint density at radius 3 is 2.38 bits per heavy atom. The maximum Gasteiger partial charge on any atom is 0.242 e. The van der Waals surface area contributed by atoms with Crippen LogP contribution in [-0.2, 0) is 33.5 Å². The van der Waals surface area contributed by atoms with E-state index in [1.54, 1.807) is 22.8 Å². The fraction of sp³-hybridized carbons (Fsp3) is 0.122. The van der Waals surface area contributed by atoms with Crippen LogP contribution in [0.4, 0.5) is 0 Å². The van der Waals surface area contributed by atoms with E-state index in [1.807, 2.05) is 79.0 Å². The topological polar surface area (TPSA) is 45.1 Å². The first kappa shape index (κ1) is 27.9. The molecule has 48 heavy (non-hydrogen) atoms. The van der Waals surface area contributed by atoms with Crippen LogP contribution in [0.5, 0.6) is 23.0 Å². The van der Waals surface area contributed by atoms with E-state index in [0.717, 1.165) is 32.2 Å². The van der Waals surface area contributed by atoms with Gasteiger partial charge in [0.25, 0.3) is 0 Å². The van der Waals surface area contributed by atoms with Crippen molar-refractivity contribution in [3.8, 4) is 34.5 Å². The molecule has 8 aromatic rings. The summed E-state index contributed by atoms with van der Waals surface area (Å²) in [7, 11) is 0. The first-order chi connectivity index (χ1) is 24.0. The Kier molecular flexibility index (Phi) is 7.23. The Morgan fingerprint density at radius 1 is 0.729 bits per heavy atom. The zero-order valence-electron chi connectivity index (χ0n) is 29.5. The van der Waals surface area contributed by atoms with E-state index < -0.39 is 6.98 Å². The number of para-hydroxylation sites is 2. The number of benzene rings is 5. The average molecular weight is 811 g/mol. The van der Waals surface area contributed by atoms with Crippen molar-refractivity contribution in [2.45, 2.75) is 26.2 Å². The van der Waals surface area contributed by atoms with Crippen molar-refractivity contribution in [1.29, 1.82) is 0 Å². The summed E-state index contributed by atoms with van der Waals surface area (Å²) in [4.78, 5) is 4.76. The summed E-state index contributed by atoms with van der Waals surface area (Å²) in [6.45, 7) is 4.09. The SMILES string of the molecule is [2H]C([2H])([2H])[n+]1[c-]n(-c2[c-]c(Oc3[c-]c4c(cc3)c3ccccc3n4-c3cc(C(C)(C)C)ccn3)ccc2)c2ccc(Oc3ccccc3)cc21.[Pt]. The number of rotatable bonds is 6. The molecule has 0 N–H and O–H groups in total. The third kappa shape index (κ3) is 5.78. The van der Waals surface area contributed by atoms with Crippen molar-refractivity contribution < 1.29 is 39.2 Å². The van der Waals surface area contributed by atoms with Gasteiger partial charge in [0.1, 0.15) is 17.3 Å². The third-order valence-corrected chi connectivity index (χ3v) is 8.22. The van der Waals surface area contributed by atoms with E-state index in [-0.39, 0.29) is 26.5 Å². The quantitative estimate of drug-likeness (QED) is 0.124. The second kappa shape index (κ2) is 12.4. The monoisotopic (exact) mass is 810 g/mol.